The Labute approximate surface area is 108 Å². The van der Waals surface area contributed by atoms with Gasteiger partial charge in [0.15, 0.2) is 0 Å². The second-order valence-electron chi connectivity index (χ2n) is 5.31. The smallest absolute Gasteiger partial charge is 0.138 e. The molecule has 1 N–H and O–H groups in total. The van der Waals surface area contributed by atoms with E-state index in [9.17, 15) is 4.79 Å². The van der Waals surface area contributed by atoms with Crippen molar-refractivity contribution in [2.24, 2.45) is 5.92 Å². The van der Waals surface area contributed by atoms with Gasteiger partial charge in [-0.3, -0.25) is 9.78 Å². The van der Waals surface area contributed by atoms with Crippen LogP contribution in [0, 0.1) is 12.8 Å². The van der Waals surface area contributed by atoms with Gasteiger partial charge in [-0.05, 0) is 43.7 Å². The van der Waals surface area contributed by atoms with Crippen LogP contribution in [0.3, 0.4) is 0 Å². The van der Waals surface area contributed by atoms with Crippen LogP contribution < -0.4 is 0 Å². The topological polar surface area (TPSA) is 50.2 Å². The van der Waals surface area contributed by atoms with Crippen molar-refractivity contribution in [3.8, 4) is 0 Å². The van der Waals surface area contributed by atoms with Crippen LogP contribution in [0.4, 0.5) is 0 Å². The molecule has 3 heteroatoms. The van der Waals surface area contributed by atoms with Gasteiger partial charge < -0.3 is 5.11 Å². The van der Waals surface area contributed by atoms with Crippen molar-refractivity contribution in [2.45, 2.75) is 45.4 Å². The van der Waals surface area contributed by atoms with Gasteiger partial charge >= 0.3 is 0 Å². The molecule has 98 valence electrons. The number of pyridine rings is 1. The van der Waals surface area contributed by atoms with Gasteiger partial charge in [-0.15, -0.1) is 0 Å². The van der Waals surface area contributed by atoms with Crippen LogP contribution in [-0.2, 0) is 11.2 Å². The highest BCUT2D eigenvalue weighted by atomic mass is 16.3. The molecule has 2 rings (SSSR count). The van der Waals surface area contributed by atoms with E-state index in [1.165, 1.54) is 5.56 Å². The Morgan fingerprint density at radius 2 is 2.22 bits per heavy atom. The van der Waals surface area contributed by atoms with Crippen molar-refractivity contribution >= 4 is 5.78 Å². The van der Waals surface area contributed by atoms with Crippen LogP contribution in [0.1, 0.15) is 49.1 Å². The van der Waals surface area contributed by atoms with Crippen LogP contribution in [0.2, 0.25) is 0 Å². The first-order valence-electron chi connectivity index (χ1n) is 6.71. The molecule has 0 radical (unpaired) electrons. The number of fused-ring (bicyclic) bond motifs is 1. The number of ketones is 1. The minimum atomic E-state index is -0.0427. The predicted octanol–water partition coefficient (Wildman–Crippen LogP) is 2.40. The van der Waals surface area contributed by atoms with E-state index >= 15 is 0 Å². The van der Waals surface area contributed by atoms with Gasteiger partial charge in [-0.2, -0.15) is 0 Å². The first kappa shape index (κ1) is 13.2. The van der Waals surface area contributed by atoms with Crippen molar-refractivity contribution in [3.63, 3.8) is 0 Å². The van der Waals surface area contributed by atoms with E-state index in [0.717, 1.165) is 30.7 Å². The van der Waals surface area contributed by atoms with Crippen molar-refractivity contribution in [1.29, 1.82) is 0 Å². The SMILES string of the molecule is Cc1ccc2c(n1)CC(C(=O)CCO)CCC2C. The molecule has 0 saturated carbocycles. The Hall–Kier alpha value is -1.22. The second kappa shape index (κ2) is 5.61. The maximum atomic E-state index is 12.0. The van der Waals surface area contributed by atoms with Gasteiger partial charge in [-0.25, -0.2) is 0 Å². The maximum Gasteiger partial charge on any atom is 0.138 e. The van der Waals surface area contributed by atoms with Crippen LogP contribution in [0.5, 0.6) is 0 Å². The zero-order chi connectivity index (χ0) is 13.1. The minimum Gasteiger partial charge on any atom is -0.396 e. The van der Waals surface area contributed by atoms with Crippen LogP contribution >= 0.6 is 0 Å². The van der Waals surface area contributed by atoms with Crippen molar-refractivity contribution in [3.05, 3.63) is 29.1 Å². The summed E-state index contributed by atoms with van der Waals surface area (Å²) in [6.07, 6.45) is 2.95. The summed E-state index contributed by atoms with van der Waals surface area (Å²) in [5, 5.41) is 8.89. The Bertz CT molecular complexity index is 442. The fraction of sp³-hybridized carbons (Fsp3) is 0.600. The number of carbonyl (C=O) groups is 1. The molecule has 0 spiro atoms. The first-order valence-corrected chi connectivity index (χ1v) is 6.71. The lowest BCUT2D eigenvalue weighted by atomic mass is 9.93. The molecule has 0 saturated heterocycles. The van der Waals surface area contributed by atoms with E-state index in [2.05, 4.69) is 18.0 Å². The monoisotopic (exact) mass is 247 g/mol. The number of carbonyl (C=O) groups excluding carboxylic acids is 1. The summed E-state index contributed by atoms with van der Waals surface area (Å²) in [5.41, 5.74) is 3.38. The van der Waals surface area contributed by atoms with E-state index in [0.29, 0.717) is 5.92 Å². The summed E-state index contributed by atoms with van der Waals surface area (Å²) in [5.74, 6) is 0.691. The fourth-order valence-corrected chi connectivity index (χ4v) is 2.76. The third kappa shape index (κ3) is 2.78. The van der Waals surface area contributed by atoms with E-state index in [1.54, 1.807) is 0 Å². The van der Waals surface area contributed by atoms with E-state index in [-0.39, 0.29) is 24.7 Å². The highest BCUT2D eigenvalue weighted by Gasteiger charge is 2.26. The Morgan fingerprint density at radius 3 is 2.94 bits per heavy atom. The van der Waals surface area contributed by atoms with Crippen LogP contribution in [0.15, 0.2) is 12.1 Å². The molecular weight excluding hydrogens is 226 g/mol. The Kier molecular flexibility index (Phi) is 4.12. The zero-order valence-corrected chi connectivity index (χ0v) is 11.1. The van der Waals surface area contributed by atoms with E-state index in [4.69, 9.17) is 5.11 Å². The number of hydrogen-bond donors (Lipinski definition) is 1. The number of Topliss-reactive ketones (excluding diaryl/α,β-unsaturated/α-hetero) is 1. The molecule has 0 amide bonds. The number of rotatable bonds is 3. The number of hydrogen-bond acceptors (Lipinski definition) is 3. The Balaban J connectivity index is 2.25. The molecule has 0 fully saturated rings. The van der Waals surface area contributed by atoms with Gasteiger partial charge in [0.2, 0.25) is 0 Å². The highest BCUT2D eigenvalue weighted by Crippen LogP contribution is 2.32. The quantitative estimate of drug-likeness (QED) is 0.834. The molecule has 18 heavy (non-hydrogen) atoms. The summed E-state index contributed by atoms with van der Waals surface area (Å²) in [7, 11) is 0. The number of aliphatic hydroxyl groups excluding tert-OH is 1. The van der Waals surface area contributed by atoms with Gasteiger partial charge in [0.05, 0.1) is 0 Å². The van der Waals surface area contributed by atoms with Gasteiger partial charge in [0.1, 0.15) is 5.78 Å². The lowest BCUT2D eigenvalue weighted by Crippen LogP contribution is -2.18. The first-order chi connectivity index (χ1) is 8.61. The minimum absolute atomic E-state index is 0.0372. The summed E-state index contributed by atoms with van der Waals surface area (Å²) in [6, 6.07) is 4.20. The molecule has 1 aromatic rings. The molecule has 1 heterocycles. The molecule has 3 nitrogen and oxygen atoms in total. The van der Waals surface area contributed by atoms with Crippen LogP contribution in [0.25, 0.3) is 0 Å². The third-order valence-corrected chi connectivity index (χ3v) is 3.88. The largest absolute Gasteiger partial charge is 0.396 e. The van der Waals surface area contributed by atoms with Gasteiger partial charge in [0, 0.05) is 30.3 Å². The summed E-state index contributed by atoms with van der Waals surface area (Å²) < 4.78 is 0. The predicted molar refractivity (Wildman–Crippen MR) is 70.5 cm³/mol. The molecule has 0 aromatic carbocycles. The van der Waals surface area contributed by atoms with Crippen molar-refractivity contribution in [1.82, 2.24) is 4.98 Å². The van der Waals surface area contributed by atoms with Crippen LogP contribution in [-0.4, -0.2) is 22.5 Å². The van der Waals surface area contributed by atoms with Crippen molar-refractivity contribution < 1.29 is 9.90 Å². The number of aryl methyl sites for hydroxylation is 1. The fourth-order valence-electron chi connectivity index (χ4n) is 2.76. The number of aliphatic hydroxyl groups is 1. The standard InChI is InChI=1S/C15H21NO2/c1-10-3-5-12(15(18)7-8-17)9-14-13(10)6-4-11(2)16-14/h4,6,10,12,17H,3,5,7-9H2,1-2H3. The average molecular weight is 247 g/mol. The third-order valence-electron chi connectivity index (χ3n) is 3.88. The highest BCUT2D eigenvalue weighted by molar-refractivity contribution is 5.81. The zero-order valence-electron chi connectivity index (χ0n) is 11.1. The number of nitrogens with zero attached hydrogens (tertiary/aromatic N) is 1. The molecule has 0 bridgehead atoms. The molecular formula is C15H21NO2. The van der Waals surface area contributed by atoms with E-state index < -0.39 is 0 Å². The maximum absolute atomic E-state index is 12.0. The van der Waals surface area contributed by atoms with E-state index in [1.807, 2.05) is 13.0 Å². The van der Waals surface area contributed by atoms with Gasteiger partial charge in [0.25, 0.3) is 0 Å². The molecule has 2 unspecified atom stereocenters. The van der Waals surface area contributed by atoms with Gasteiger partial charge in [-0.1, -0.05) is 13.0 Å². The normalized spacial score (nSPS) is 23.3. The molecule has 1 aliphatic rings. The second-order valence-corrected chi connectivity index (χ2v) is 5.31. The molecule has 1 aliphatic carbocycles. The van der Waals surface area contributed by atoms with Crippen molar-refractivity contribution in [2.75, 3.05) is 6.61 Å². The molecule has 1 aromatic heterocycles. The summed E-state index contributed by atoms with van der Waals surface area (Å²) in [4.78, 5) is 16.6. The lowest BCUT2D eigenvalue weighted by Gasteiger charge is -2.12. The molecule has 2 atom stereocenters. The number of aromatic nitrogens is 1. The summed E-state index contributed by atoms with van der Waals surface area (Å²) in [6.45, 7) is 4.15. The summed E-state index contributed by atoms with van der Waals surface area (Å²) >= 11 is 0. The Morgan fingerprint density at radius 1 is 1.44 bits per heavy atom. The average Bonchev–Trinajstić information content (AvgIpc) is 2.49. The lowest BCUT2D eigenvalue weighted by molar-refractivity contribution is -0.123. The molecule has 0 aliphatic heterocycles.